The molecule has 0 heterocycles. The van der Waals surface area contributed by atoms with E-state index in [1.807, 2.05) is 18.2 Å². The van der Waals surface area contributed by atoms with E-state index in [-0.39, 0.29) is 23.1 Å². The quantitative estimate of drug-likeness (QED) is 0.395. The number of rotatable bonds is 6. The van der Waals surface area contributed by atoms with Crippen LogP contribution in [-0.4, -0.2) is 44.8 Å². The maximum absolute atomic E-state index is 8.76. The first-order valence-corrected chi connectivity index (χ1v) is 7.23. The summed E-state index contributed by atoms with van der Waals surface area (Å²) >= 11 is 0. The largest absolute Gasteiger partial charge is 0.365 e. The van der Waals surface area contributed by atoms with Gasteiger partial charge >= 0.3 is 0 Å². The Morgan fingerprint density at radius 2 is 1.80 bits per heavy atom. The van der Waals surface area contributed by atoms with Gasteiger partial charge in [-0.1, -0.05) is 41.0 Å². The lowest BCUT2D eigenvalue weighted by Gasteiger charge is -2.15. The SMILES string of the molecule is OC(O)PCC1=CC=CC1CPC(O)O. The predicted octanol–water partition coefficient (Wildman–Crippen LogP) is -0.00780. The van der Waals surface area contributed by atoms with E-state index in [0.717, 1.165) is 5.57 Å². The molecule has 0 aromatic rings. The summed E-state index contributed by atoms with van der Waals surface area (Å²) in [5, 5.41) is 35.0. The molecule has 0 spiro atoms. The molecule has 0 aromatic heterocycles. The fraction of sp³-hybridized carbons (Fsp3) is 0.556. The zero-order chi connectivity index (χ0) is 11.3. The Morgan fingerprint density at radius 1 is 1.13 bits per heavy atom. The van der Waals surface area contributed by atoms with Crippen molar-refractivity contribution >= 4 is 17.2 Å². The van der Waals surface area contributed by atoms with Crippen molar-refractivity contribution in [2.45, 2.75) is 12.1 Å². The summed E-state index contributed by atoms with van der Waals surface area (Å²) in [5.74, 6) is 0.233. The summed E-state index contributed by atoms with van der Waals surface area (Å²) < 4.78 is 0. The maximum Gasteiger partial charge on any atom is 0.167 e. The number of aliphatic hydroxyl groups excluding tert-OH is 2. The second-order valence-corrected chi connectivity index (χ2v) is 5.88. The number of hydrogen-bond donors (Lipinski definition) is 4. The van der Waals surface area contributed by atoms with Gasteiger partial charge in [0.2, 0.25) is 0 Å². The van der Waals surface area contributed by atoms with Crippen molar-refractivity contribution in [3.63, 3.8) is 0 Å². The standard InChI is InChI=1S/C9H16O4P2/c10-8(11)14-4-6-2-1-3-7(6)5-15-9(12)13/h1-3,6,8-15H,4-5H2. The lowest BCUT2D eigenvalue weighted by molar-refractivity contribution is 0.0363. The van der Waals surface area contributed by atoms with E-state index in [4.69, 9.17) is 20.4 Å². The van der Waals surface area contributed by atoms with Crippen LogP contribution in [0, 0.1) is 5.92 Å². The Labute approximate surface area is 92.3 Å². The molecule has 0 saturated heterocycles. The van der Waals surface area contributed by atoms with Crippen molar-refractivity contribution in [2.24, 2.45) is 5.92 Å². The molecule has 0 fully saturated rings. The monoisotopic (exact) mass is 250 g/mol. The van der Waals surface area contributed by atoms with Crippen molar-refractivity contribution in [3.05, 3.63) is 23.8 Å². The van der Waals surface area contributed by atoms with Gasteiger partial charge in [0, 0.05) is 5.92 Å². The molecule has 0 radical (unpaired) electrons. The smallest absolute Gasteiger partial charge is 0.167 e. The summed E-state index contributed by atoms with van der Waals surface area (Å²) in [4.78, 5) is 0. The van der Waals surface area contributed by atoms with E-state index in [1.165, 1.54) is 0 Å². The Kier molecular flexibility index (Phi) is 5.91. The highest BCUT2D eigenvalue weighted by atomic mass is 31.1. The van der Waals surface area contributed by atoms with Crippen LogP contribution < -0.4 is 0 Å². The van der Waals surface area contributed by atoms with E-state index in [2.05, 4.69) is 0 Å². The molecule has 86 valence electrons. The minimum absolute atomic E-state index is 0.0884. The average Bonchev–Trinajstić information content (AvgIpc) is 2.58. The first kappa shape index (κ1) is 13.2. The maximum atomic E-state index is 8.76. The highest BCUT2D eigenvalue weighted by molar-refractivity contribution is 7.39. The van der Waals surface area contributed by atoms with Gasteiger partial charge in [-0.15, -0.1) is 0 Å². The summed E-state index contributed by atoms with van der Waals surface area (Å²) in [6.07, 6.45) is 7.29. The fourth-order valence-electron chi connectivity index (χ4n) is 1.39. The van der Waals surface area contributed by atoms with Crippen LogP contribution in [0.4, 0.5) is 0 Å². The molecule has 1 aliphatic carbocycles. The van der Waals surface area contributed by atoms with Crippen molar-refractivity contribution in [1.29, 1.82) is 0 Å². The molecule has 3 atom stereocenters. The topological polar surface area (TPSA) is 80.9 Å². The summed E-state index contributed by atoms with van der Waals surface area (Å²) in [7, 11) is 0.193. The zero-order valence-electron chi connectivity index (χ0n) is 8.17. The lowest BCUT2D eigenvalue weighted by Crippen LogP contribution is -2.08. The number of allylic oxidation sites excluding steroid dienone is 4. The molecule has 0 saturated carbocycles. The van der Waals surface area contributed by atoms with E-state index in [1.54, 1.807) is 0 Å². The first-order chi connectivity index (χ1) is 7.09. The van der Waals surface area contributed by atoms with Gasteiger partial charge in [0.25, 0.3) is 0 Å². The van der Waals surface area contributed by atoms with E-state index >= 15 is 0 Å². The number of aliphatic hydroxyl groups is 4. The molecular formula is C9H16O4P2. The average molecular weight is 250 g/mol. The molecule has 0 aliphatic heterocycles. The van der Waals surface area contributed by atoms with Gasteiger partial charge in [0.05, 0.1) is 0 Å². The molecule has 3 unspecified atom stereocenters. The lowest BCUT2D eigenvalue weighted by atomic mass is 10.1. The normalized spacial score (nSPS) is 22.0. The van der Waals surface area contributed by atoms with Crippen LogP contribution in [0.5, 0.6) is 0 Å². The van der Waals surface area contributed by atoms with Crippen LogP contribution in [0.3, 0.4) is 0 Å². The van der Waals surface area contributed by atoms with Gasteiger partial charge in [-0.25, -0.2) is 0 Å². The summed E-state index contributed by atoms with van der Waals surface area (Å²) in [5.41, 5.74) is 1.15. The van der Waals surface area contributed by atoms with Crippen molar-refractivity contribution in [1.82, 2.24) is 0 Å². The zero-order valence-corrected chi connectivity index (χ0v) is 10.2. The van der Waals surface area contributed by atoms with Crippen LogP contribution in [0.25, 0.3) is 0 Å². The predicted molar refractivity (Wildman–Crippen MR) is 63.5 cm³/mol. The Bertz CT molecular complexity index is 250. The molecule has 1 rings (SSSR count). The Morgan fingerprint density at radius 3 is 2.40 bits per heavy atom. The van der Waals surface area contributed by atoms with Crippen LogP contribution in [0.15, 0.2) is 23.8 Å². The fourth-order valence-corrected chi connectivity index (χ4v) is 3.05. The van der Waals surface area contributed by atoms with Gasteiger partial charge in [-0.2, -0.15) is 0 Å². The number of hydrogen-bond acceptors (Lipinski definition) is 4. The van der Waals surface area contributed by atoms with Crippen LogP contribution in [-0.2, 0) is 0 Å². The highest BCUT2D eigenvalue weighted by Gasteiger charge is 2.16. The van der Waals surface area contributed by atoms with Crippen molar-refractivity contribution < 1.29 is 20.4 Å². The summed E-state index contributed by atoms with van der Waals surface area (Å²) in [6.45, 7) is 0. The van der Waals surface area contributed by atoms with Crippen LogP contribution in [0.2, 0.25) is 0 Å². The highest BCUT2D eigenvalue weighted by Crippen LogP contribution is 2.32. The van der Waals surface area contributed by atoms with Gasteiger partial charge in [-0.3, -0.25) is 0 Å². The Hall–Kier alpha value is 0.180. The van der Waals surface area contributed by atoms with Crippen molar-refractivity contribution in [3.8, 4) is 0 Å². The van der Waals surface area contributed by atoms with Gasteiger partial charge in [0.15, 0.2) is 12.1 Å². The Balaban J connectivity index is 2.31. The molecule has 4 nitrogen and oxygen atoms in total. The second-order valence-electron chi connectivity index (χ2n) is 3.27. The van der Waals surface area contributed by atoms with Crippen molar-refractivity contribution in [2.75, 3.05) is 12.3 Å². The molecule has 4 N–H and O–H groups in total. The molecule has 6 heteroatoms. The minimum Gasteiger partial charge on any atom is -0.365 e. The molecule has 1 aliphatic rings. The van der Waals surface area contributed by atoms with E-state index in [9.17, 15) is 0 Å². The minimum atomic E-state index is -1.24. The summed E-state index contributed by atoms with van der Waals surface area (Å²) in [6, 6.07) is -2.47. The molecule has 0 bridgehead atoms. The molecule has 0 aromatic carbocycles. The van der Waals surface area contributed by atoms with Gasteiger partial charge in [0.1, 0.15) is 0 Å². The third-order valence-electron chi connectivity index (χ3n) is 2.14. The van der Waals surface area contributed by atoms with E-state index < -0.39 is 12.1 Å². The van der Waals surface area contributed by atoms with Gasteiger partial charge < -0.3 is 20.4 Å². The van der Waals surface area contributed by atoms with E-state index in [0.29, 0.717) is 12.3 Å². The third kappa shape index (κ3) is 5.17. The first-order valence-electron chi connectivity index (χ1n) is 4.66. The molecule has 15 heavy (non-hydrogen) atoms. The van der Waals surface area contributed by atoms with Crippen LogP contribution in [0.1, 0.15) is 0 Å². The molecular weight excluding hydrogens is 234 g/mol. The second kappa shape index (κ2) is 6.70. The van der Waals surface area contributed by atoms with Crippen LogP contribution >= 0.6 is 17.2 Å². The molecule has 0 amide bonds. The van der Waals surface area contributed by atoms with Gasteiger partial charge in [-0.05, 0) is 12.3 Å². The third-order valence-corrected chi connectivity index (χ3v) is 4.16.